The van der Waals surface area contributed by atoms with Gasteiger partial charge in [-0.05, 0) is 149 Å². The number of carbonyl (C=O) groups is 8. The summed E-state index contributed by atoms with van der Waals surface area (Å²) in [6, 6.07) is 14.6. The summed E-state index contributed by atoms with van der Waals surface area (Å²) >= 11 is 0. The average molecular weight is 1530 g/mol. The van der Waals surface area contributed by atoms with Crippen LogP contribution >= 0.6 is 0 Å². The van der Waals surface area contributed by atoms with E-state index in [1.54, 1.807) is 30.3 Å². The molecule has 1 aliphatic carbocycles. The Kier molecular flexibility index (Phi) is 33.5. The Balaban J connectivity index is 0.00000313. The summed E-state index contributed by atoms with van der Waals surface area (Å²) < 4.78 is 137. The van der Waals surface area contributed by atoms with Crippen LogP contribution in [0.1, 0.15) is 154 Å². The van der Waals surface area contributed by atoms with Crippen LogP contribution in [0, 0.1) is 5.92 Å². The third-order valence-electron chi connectivity index (χ3n) is 17.2. The number of hydrogen-bond donors (Lipinski definition) is 9. The third kappa shape index (κ3) is 28.3. The molecule has 2 heterocycles. The van der Waals surface area contributed by atoms with E-state index in [9.17, 15) is 92.6 Å². The van der Waals surface area contributed by atoms with Gasteiger partial charge in [-0.3, -0.25) is 37.9 Å². The van der Waals surface area contributed by atoms with E-state index in [0.29, 0.717) is 72.7 Å². The minimum absolute atomic E-state index is 0.0223. The molecule has 2 aliphatic heterocycles. The van der Waals surface area contributed by atoms with Crippen molar-refractivity contribution in [2.75, 3.05) is 36.0 Å². The maximum atomic E-state index is 13.7. The number of fused-ring (bicyclic) bond motifs is 2. The number of urea groups is 1. The lowest BCUT2D eigenvalue weighted by Crippen LogP contribution is -2.46. The van der Waals surface area contributed by atoms with Crippen LogP contribution in [0.2, 0.25) is 0 Å². The maximum absolute atomic E-state index is 13.7. The van der Waals surface area contributed by atoms with Gasteiger partial charge in [0, 0.05) is 91.9 Å². The highest BCUT2D eigenvalue weighted by Crippen LogP contribution is 2.49. The number of anilines is 1. The minimum atomic E-state index is -4.62. The summed E-state index contributed by atoms with van der Waals surface area (Å²) in [5.41, 5.74) is 5.18. The molecule has 32 nitrogen and oxygen atoms in total. The highest BCUT2D eigenvalue weighted by Gasteiger charge is 2.45. The van der Waals surface area contributed by atoms with Crippen molar-refractivity contribution in [3.63, 3.8) is 0 Å². The zero-order valence-electron chi connectivity index (χ0n) is 57.4. The van der Waals surface area contributed by atoms with E-state index in [4.69, 9.17) is 32.1 Å². The van der Waals surface area contributed by atoms with Crippen molar-refractivity contribution in [3.8, 4) is 5.75 Å². The average Bonchev–Trinajstić information content (AvgIpc) is 1.59. The fourth-order valence-electron chi connectivity index (χ4n) is 12.1. The molecule has 568 valence electrons. The molecular formula is C68H85N5O27S4. The van der Waals surface area contributed by atoms with Crippen molar-refractivity contribution < 1.29 is 129 Å². The van der Waals surface area contributed by atoms with E-state index in [0.717, 1.165) is 28.1 Å². The highest BCUT2D eigenvalue weighted by molar-refractivity contribution is 7.86. The van der Waals surface area contributed by atoms with E-state index in [2.05, 4.69) is 34.4 Å². The molecule has 3 aromatic carbocycles. The molecule has 0 spiro atoms. The van der Waals surface area contributed by atoms with Gasteiger partial charge in [-0.25, -0.2) is 18.0 Å². The van der Waals surface area contributed by atoms with E-state index in [1.165, 1.54) is 12.1 Å². The quantitative estimate of drug-likeness (QED) is 0.0177. The van der Waals surface area contributed by atoms with Crippen LogP contribution in [0.15, 0.2) is 119 Å². The molecule has 0 radical (unpaired) electrons. The van der Waals surface area contributed by atoms with Crippen LogP contribution in [-0.4, -0.2) is 179 Å². The number of carboxylic acids is 4. The van der Waals surface area contributed by atoms with Crippen LogP contribution in [0.25, 0.3) is 0 Å². The Morgan fingerprint density at radius 3 is 1.95 bits per heavy atom. The molecule has 36 heteroatoms. The molecule has 0 saturated carbocycles. The summed E-state index contributed by atoms with van der Waals surface area (Å²) in [5.74, 6) is -8.87. The van der Waals surface area contributed by atoms with Gasteiger partial charge in [-0.2, -0.15) is 31.0 Å². The van der Waals surface area contributed by atoms with Crippen LogP contribution < -0.4 is 25.6 Å². The second-order valence-electron chi connectivity index (χ2n) is 25.6. The number of Topliss-reactive ketones (excluding diaryl/α,β-unsaturated/α-hetero) is 2. The van der Waals surface area contributed by atoms with Gasteiger partial charge in [-0.1, -0.05) is 50.3 Å². The molecule has 104 heavy (non-hydrogen) atoms. The van der Waals surface area contributed by atoms with Gasteiger partial charge in [0.05, 0.1) is 44.6 Å². The fraction of sp³-hybridized carbons (Fsp3) is 0.471. The number of carbonyl (C=O) groups excluding carboxylic acids is 6. The predicted molar refractivity (Wildman–Crippen MR) is 369 cm³/mol. The van der Waals surface area contributed by atoms with E-state index in [-0.39, 0.29) is 101 Å². The van der Waals surface area contributed by atoms with Gasteiger partial charge < -0.3 is 50.6 Å². The Morgan fingerprint density at radius 1 is 0.702 bits per heavy atom. The Labute approximate surface area is 602 Å². The standard InChI is InChI=1S/C67H85N5O22S3.CO2.O3S/c1-66(2)50-18-6-7-19-54(50)71(35-9-11-37-95(85,86)87)57(66)32-24-44-15-13-16-45(25-33-58-67(3,4)51-41-49(97(91,92)93)29-31-55(51)72(58)36-10-12-38-96(88,89)90)62(44)94-48-27-22-43(23-28-48)39-46(63(80)81)40-56(74)53(42-61(78)79)69-59(75)20-8-5-17-47(73)26-30-52(64(82)83)70-65(84)68-34-14-21-60(76)77;2-1-3;1-4(2)3/h6-7,18-19,22-25,27-29,31-33,41,46,52-53H,5,8-17,20-21,26,30,34-40,42H2,1-4H3,(H9-,68,69,70,75,76,77,78,79,80,81,82,83,84,85,86,87,88,89,90,91,92,93);;/t46-,52+,53+;;/m1../s1. The van der Waals surface area contributed by atoms with Crippen molar-refractivity contribution in [3.05, 3.63) is 130 Å². The fourth-order valence-corrected chi connectivity index (χ4v) is 13.7. The van der Waals surface area contributed by atoms with E-state index >= 15 is 0 Å². The number of aliphatic carboxylic acids is 4. The molecule has 3 atom stereocenters. The number of rotatable bonds is 39. The predicted octanol–water partition coefficient (Wildman–Crippen LogP) is 6.09. The molecule has 0 fully saturated rings. The number of ketones is 2. The number of amides is 3. The summed E-state index contributed by atoms with van der Waals surface area (Å²) in [6.07, 6.45) is 8.20. The number of ether oxygens (including phenoxy) is 1. The molecule has 3 aliphatic rings. The first-order valence-electron chi connectivity index (χ1n) is 32.8. The first-order valence-corrected chi connectivity index (χ1v) is 38.4. The Bertz CT molecular complexity index is 4340. The van der Waals surface area contributed by atoms with Crippen molar-refractivity contribution >= 4 is 112 Å². The molecular weight excluding hydrogens is 1450 g/mol. The number of nitrogens with zero attached hydrogens (tertiary/aromatic N) is 2. The smallest absolute Gasteiger partial charge is 0.425 e. The minimum Gasteiger partial charge on any atom is -0.748 e. The molecule has 6 rings (SSSR count). The lowest BCUT2D eigenvalue weighted by Gasteiger charge is -2.27. The van der Waals surface area contributed by atoms with Crippen molar-refractivity contribution in [2.24, 2.45) is 5.92 Å². The number of carboxylic acid groups (broad SMARTS) is 4. The van der Waals surface area contributed by atoms with Crippen molar-refractivity contribution in [1.82, 2.24) is 16.0 Å². The second-order valence-corrected chi connectivity index (χ2v) is 30.5. The van der Waals surface area contributed by atoms with Gasteiger partial charge in [-0.15, -0.1) is 12.6 Å². The SMILES string of the molecule is CC1(C)C(/C=C/C2=C(Oc3ccc(C[C@H](CC(=O)[C@H](CC(=O)O)NC(=O)CCCCC(=O)CC[C@H](NC(=O)NCCCC(=O)O)C(=O)O)C(=O)O)cc3)C(=C/C=C3/N(CCCCS(=O)(=O)O)c4ccc(S(=O)(=O)O)cc4C3(C)C)/CCC2)=[N+](CCCCS(=O)(=O)[O-])c2ccccc21.O=C=O.O=S(=O)=O. The normalized spacial score (nSPS) is 16.1. The molecule has 3 aromatic rings. The molecule has 0 unspecified atom stereocenters. The van der Waals surface area contributed by atoms with Crippen molar-refractivity contribution in [2.45, 2.75) is 171 Å². The van der Waals surface area contributed by atoms with Gasteiger partial charge in [0.2, 0.25) is 11.6 Å². The number of benzene rings is 3. The zero-order chi connectivity index (χ0) is 77.9. The summed E-state index contributed by atoms with van der Waals surface area (Å²) in [6.45, 7) is 8.53. The van der Waals surface area contributed by atoms with Gasteiger partial charge in [0.15, 0.2) is 11.5 Å². The number of nitrogens with one attached hydrogen (secondary N) is 3. The summed E-state index contributed by atoms with van der Waals surface area (Å²) in [4.78, 5) is 116. The summed E-state index contributed by atoms with van der Waals surface area (Å²) in [5, 5.41) is 45.3. The summed E-state index contributed by atoms with van der Waals surface area (Å²) in [7, 11) is -16.4. The number of unbranched alkanes of at least 4 members (excludes halogenated alkanes) is 3. The third-order valence-corrected chi connectivity index (χ3v) is 19.6. The molecule has 0 bridgehead atoms. The topological polar surface area (TPSA) is 520 Å². The van der Waals surface area contributed by atoms with Crippen LogP contribution in [0.4, 0.5) is 16.2 Å². The van der Waals surface area contributed by atoms with Crippen LogP contribution in [-0.2, 0) is 101 Å². The highest BCUT2D eigenvalue weighted by atomic mass is 32.2. The second kappa shape index (κ2) is 40.0. The van der Waals surface area contributed by atoms with Gasteiger partial charge in [0.1, 0.15) is 29.9 Å². The molecule has 0 aromatic heterocycles. The lowest BCUT2D eigenvalue weighted by atomic mass is 9.81. The lowest BCUT2D eigenvalue weighted by molar-refractivity contribution is -0.438. The first-order chi connectivity index (χ1) is 48.6. The first kappa shape index (κ1) is 87.0. The van der Waals surface area contributed by atoms with Crippen LogP contribution in [0.5, 0.6) is 5.75 Å². The molecule has 0 saturated heterocycles. The van der Waals surface area contributed by atoms with E-state index in [1.807, 2.05) is 67.3 Å². The Hall–Kier alpha value is -9.42. The maximum Gasteiger partial charge on any atom is 0.425 e. The largest absolute Gasteiger partial charge is 0.748 e. The number of allylic oxidation sites excluding steroid dienone is 7. The van der Waals surface area contributed by atoms with Crippen LogP contribution in [0.3, 0.4) is 0 Å². The number of hydrogen-bond acceptors (Lipinski definition) is 22. The molecule has 9 N–H and O–H groups in total. The molecule has 3 amide bonds. The van der Waals surface area contributed by atoms with Crippen molar-refractivity contribution in [1.29, 1.82) is 0 Å². The number of para-hydroxylation sites is 1. The van der Waals surface area contributed by atoms with Gasteiger partial charge in [0.25, 0.3) is 20.2 Å². The van der Waals surface area contributed by atoms with Gasteiger partial charge >= 0.3 is 46.7 Å². The Morgan fingerprint density at radius 2 is 1.35 bits per heavy atom. The monoisotopic (exact) mass is 1530 g/mol. The van der Waals surface area contributed by atoms with E-state index < -0.39 is 136 Å². The zero-order valence-corrected chi connectivity index (χ0v) is 60.7.